The van der Waals surface area contributed by atoms with Gasteiger partial charge in [-0.15, -0.1) is 0 Å². The van der Waals surface area contributed by atoms with Crippen molar-refractivity contribution >= 4 is 11.6 Å². The molecule has 1 aliphatic rings. The Hall–Kier alpha value is -1.59. The highest BCUT2D eigenvalue weighted by atomic mass is 35.5. The molecule has 1 heterocycles. The third kappa shape index (κ3) is 6.71. The lowest BCUT2D eigenvalue weighted by Crippen LogP contribution is -2.39. The molecule has 0 spiro atoms. The van der Waals surface area contributed by atoms with Crippen LogP contribution < -0.4 is 4.74 Å². The Morgan fingerprint density at radius 3 is 2.31 bits per heavy atom. The predicted molar refractivity (Wildman–Crippen MR) is 118 cm³/mol. The van der Waals surface area contributed by atoms with Crippen LogP contribution >= 0.6 is 11.6 Å². The monoisotopic (exact) mass is 417 g/mol. The summed E-state index contributed by atoms with van der Waals surface area (Å²) in [7, 11) is 0. The third-order valence-corrected chi connectivity index (χ3v) is 5.73. The predicted octanol–water partition coefficient (Wildman–Crippen LogP) is 5.06. The molecule has 0 amide bonds. The summed E-state index contributed by atoms with van der Waals surface area (Å²) in [6, 6.07) is 15.7. The van der Waals surface area contributed by atoms with Crippen molar-refractivity contribution in [3.63, 3.8) is 0 Å². The first-order chi connectivity index (χ1) is 14.2. The van der Waals surface area contributed by atoms with E-state index >= 15 is 0 Å². The maximum absolute atomic E-state index is 11.2. The molecule has 3 rings (SSSR count). The van der Waals surface area contributed by atoms with Crippen LogP contribution in [0.4, 0.5) is 0 Å². The number of halogens is 1. The zero-order valence-electron chi connectivity index (χ0n) is 17.2. The number of aliphatic hydroxyl groups excluding tert-OH is 1. The van der Waals surface area contributed by atoms with Gasteiger partial charge in [0.05, 0.1) is 25.9 Å². The number of hydrogen-bond acceptors (Lipinski definition) is 4. The van der Waals surface area contributed by atoms with E-state index in [9.17, 15) is 5.11 Å². The van der Waals surface area contributed by atoms with Gasteiger partial charge in [0, 0.05) is 30.6 Å². The Labute approximate surface area is 179 Å². The number of nitrogens with zero attached hydrogens (tertiary/aromatic N) is 1. The van der Waals surface area contributed by atoms with Crippen LogP contribution in [-0.4, -0.2) is 49.5 Å². The van der Waals surface area contributed by atoms with Crippen LogP contribution in [0.1, 0.15) is 49.3 Å². The number of hydrogen-bond donors (Lipinski definition) is 1. The molecule has 1 N–H and O–H groups in total. The van der Waals surface area contributed by atoms with E-state index < -0.39 is 6.10 Å². The zero-order valence-corrected chi connectivity index (χ0v) is 18.0. The van der Waals surface area contributed by atoms with Gasteiger partial charge in [-0.2, -0.15) is 0 Å². The molecule has 158 valence electrons. The van der Waals surface area contributed by atoms with Crippen molar-refractivity contribution < 1.29 is 14.6 Å². The largest absolute Gasteiger partial charge is 0.494 e. The molecule has 0 bridgehead atoms. The summed E-state index contributed by atoms with van der Waals surface area (Å²) in [5.74, 6) is 0.815. The lowest BCUT2D eigenvalue weighted by molar-refractivity contribution is 0.0240. The SMILES string of the molecule is CCCCCOc1ccc(C(O)C(CN2CCOCC2)c2ccc(Cl)cc2)cc1. The highest BCUT2D eigenvalue weighted by Gasteiger charge is 2.26. The number of aliphatic hydroxyl groups is 1. The van der Waals surface area contributed by atoms with E-state index in [0.717, 1.165) is 62.8 Å². The quantitative estimate of drug-likeness (QED) is 0.549. The molecule has 4 nitrogen and oxygen atoms in total. The van der Waals surface area contributed by atoms with Crippen molar-refractivity contribution in [3.8, 4) is 5.75 Å². The van der Waals surface area contributed by atoms with Gasteiger partial charge in [0.1, 0.15) is 5.75 Å². The average molecular weight is 418 g/mol. The number of rotatable bonds is 10. The summed E-state index contributed by atoms with van der Waals surface area (Å²) in [6.45, 7) is 6.97. The molecule has 0 saturated carbocycles. The second kappa shape index (κ2) is 11.6. The van der Waals surface area contributed by atoms with Crippen molar-refractivity contribution in [2.45, 2.75) is 38.2 Å². The first-order valence-electron chi connectivity index (χ1n) is 10.6. The summed E-state index contributed by atoms with van der Waals surface area (Å²) >= 11 is 6.08. The molecule has 0 aromatic heterocycles. The molecular weight excluding hydrogens is 386 g/mol. The molecule has 2 aromatic rings. The molecule has 0 radical (unpaired) electrons. The minimum Gasteiger partial charge on any atom is -0.494 e. The molecule has 2 atom stereocenters. The minimum atomic E-state index is -0.604. The Kier molecular flexibility index (Phi) is 8.81. The first-order valence-corrected chi connectivity index (χ1v) is 11.0. The molecule has 5 heteroatoms. The molecule has 1 aliphatic heterocycles. The molecule has 1 fully saturated rings. The van der Waals surface area contributed by atoms with E-state index in [2.05, 4.69) is 11.8 Å². The molecule has 2 aromatic carbocycles. The standard InChI is InChI=1S/C24H32ClNO3/c1-2-3-4-15-29-22-11-7-20(8-12-22)24(27)23(18-26-13-16-28-17-14-26)19-5-9-21(25)10-6-19/h5-12,23-24,27H,2-4,13-18H2,1H3. The van der Waals surface area contributed by atoms with Crippen molar-refractivity contribution in [1.82, 2.24) is 4.90 Å². The van der Waals surface area contributed by atoms with E-state index in [0.29, 0.717) is 5.02 Å². The second-order valence-electron chi connectivity index (χ2n) is 7.64. The lowest BCUT2D eigenvalue weighted by Gasteiger charge is -2.33. The smallest absolute Gasteiger partial charge is 0.119 e. The van der Waals surface area contributed by atoms with E-state index in [1.54, 1.807) is 0 Å². The van der Waals surface area contributed by atoms with Crippen molar-refractivity contribution in [3.05, 3.63) is 64.7 Å². The molecule has 2 unspecified atom stereocenters. The number of morpholine rings is 1. The Bertz CT molecular complexity index is 714. The van der Waals surface area contributed by atoms with Crippen LogP contribution in [-0.2, 0) is 4.74 Å². The van der Waals surface area contributed by atoms with E-state index in [4.69, 9.17) is 21.1 Å². The normalized spacial score (nSPS) is 17.1. The second-order valence-corrected chi connectivity index (χ2v) is 8.08. The van der Waals surface area contributed by atoms with E-state index in [1.807, 2.05) is 48.5 Å². The maximum atomic E-state index is 11.2. The number of ether oxygens (including phenoxy) is 2. The molecule has 1 saturated heterocycles. The Balaban J connectivity index is 1.71. The van der Waals surface area contributed by atoms with Gasteiger partial charge in [-0.05, 0) is 41.8 Å². The van der Waals surface area contributed by atoms with Crippen molar-refractivity contribution in [1.29, 1.82) is 0 Å². The maximum Gasteiger partial charge on any atom is 0.119 e. The Morgan fingerprint density at radius 1 is 1.00 bits per heavy atom. The summed E-state index contributed by atoms with van der Waals surface area (Å²) in [5, 5.41) is 11.9. The zero-order chi connectivity index (χ0) is 20.5. The van der Waals surface area contributed by atoms with E-state index in [-0.39, 0.29) is 5.92 Å². The van der Waals surface area contributed by atoms with E-state index in [1.165, 1.54) is 12.8 Å². The fourth-order valence-corrected chi connectivity index (χ4v) is 3.82. The van der Waals surface area contributed by atoms with Gasteiger partial charge >= 0.3 is 0 Å². The number of benzene rings is 2. The average Bonchev–Trinajstić information content (AvgIpc) is 2.76. The van der Waals surface area contributed by atoms with Gasteiger partial charge in [0.25, 0.3) is 0 Å². The van der Waals surface area contributed by atoms with Crippen LogP contribution in [0.5, 0.6) is 5.75 Å². The minimum absolute atomic E-state index is 0.0401. The van der Waals surface area contributed by atoms with Gasteiger partial charge in [0.2, 0.25) is 0 Å². The highest BCUT2D eigenvalue weighted by molar-refractivity contribution is 6.30. The van der Waals surface area contributed by atoms with Crippen LogP contribution in [0.25, 0.3) is 0 Å². The van der Waals surface area contributed by atoms with Crippen molar-refractivity contribution in [2.75, 3.05) is 39.5 Å². The fourth-order valence-electron chi connectivity index (χ4n) is 3.70. The van der Waals surface area contributed by atoms with Crippen LogP contribution in [0.15, 0.2) is 48.5 Å². The highest BCUT2D eigenvalue weighted by Crippen LogP contribution is 2.33. The molecule has 29 heavy (non-hydrogen) atoms. The summed E-state index contributed by atoms with van der Waals surface area (Å²) < 4.78 is 11.3. The van der Waals surface area contributed by atoms with Crippen LogP contribution in [0.3, 0.4) is 0 Å². The van der Waals surface area contributed by atoms with Crippen LogP contribution in [0, 0.1) is 0 Å². The van der Waals surface area contributed by atoms with Gasteiger partial charge in [-0.1, -0.05) is 55.6 Å². The fraction of sp³-hybridized carbons (Fsp3) is 0.500. The summed E-state index contributed by atoms with van der Waals surface area (Å²) in [5.41, 5.74) is 1.99. The van der Waals surface area contributed by atoms with Gasteiger partial charge < -0.3 is 14.6 Å². The van der Waals surface area contributed by atoms with Gasteiger partial charge in [-0.25, -0.2) is 0 Å². The summed E-state index contributed by atoms with van der Waals surface area (Å²) in [6.07, 6.45) is 2.83. The summed E-state index contributed by atoms with van der Waals surface area (Å²) in [4.78, 5) is 2.36. The molecule has 0 aliphatic carbocycles. The van der Waals surface area contributed by atoms with Gasteiger partial charge in [0.15, 0.2) is 0 Å². The lowest BCUT2D eigenvalue weighted by atomic mass is 9.88. The number of unbranched alkanes of at least 4 members (excludes halogenated alkanes) is 2. The third-order valence-electron chi connectivity index (χ3n) is 5.48. The first kappa shape index (κ1) is 22.1. The van der Waals surface area contributed by atoms with Crippen LogP contribution in [0.2, 0.25) is 5.02 Å². The Morgan fingerprint density at radius 2 is 1.66 bits per heavy atom. The van der Waals surface area contributed by atoms with Gasteiger partial charge in [-0.3, -0.25) is 4.90 Å². The van der Waals surface area contributed by atoms with Crippen molar-refractivity contribution in [2.24, 2.45) is 0 Å². The topological polar surface area (TPSA) is 41.9 Å². The molecular formula is C24H32ClNO3.